The van der Waals surface area contributed by atoms with Crippen LogP contribution >= 0.6 is 0 Å². The molecule has 0 saturated heterocycles. The smallest absolute Gasteiger partial charge is 0.221 e. The van der Waals surface area contributed by atoms with E-state index in [1.54, 1.807) is 0 Å². The van der Waals surface area contributed by atoms with Gasteiger partial charge in [-0.15, -0.1) is 0 Å². The van der Waals surface area contributed by atoms with Crippen LogP contribution in [0.2, 0.25) is 0 Å². The second-order valence-electron chi connectivity index (χ2n) is 5.77. The molecule has 0 atom stereocenters. The van der Waals surface area contributed by atoms with Gasteiger partial charge in [-0.05, 0) is 50.5 Å². The summed E-state index contributed by atoms with van der Waals surface area (Å²) in [6, 6.07) is 0. The second-order valence-corrected chi connectivity index (χ2v) is 5.77. The molecule has 1 amide bonds. The summed E-state index contributed by atoms with van der Waals surface area (Å²) in [4.78, 5) is 12.0. The Morgan fingerprint density at radius 1 is 1.25 bits per heavy atom. The zero-order valence-electron chi connectivity index (χ0n) is 10.3. The van der Waals surface area contributed by atoms with Gasteiger partial charge in [0.05, 0.1) is 0 Å². The molecule has 92 valence electrons. The zero-order chi connectivity index (χ0) is 11.6. The molecule has 0 aromatic heterocycles. The predicted octanol–water partition coefficient (Wildman–Crippen LogP) is 1.95. The molecular formula is C13H24N2O. The fraction of sp³-hybridized carbons (Fsp3) is 0.923. The minimum Gasteiger partial charge on any atom is -0.351 e. The van der Waals surface area contributed by atoms with Crippen molar-refractivity contribution in [2.45, 2.75) is 63.8 Å². The van der Waals surface area contributed by atoms with Gasteiger partial charge in [0.25, 0.3) is 0 Å². The third kappa shape index (κ3) is 2.10. The van der Waals surface area contributed by atoms with Crippen molar-refractivity contribution in [3.63, 3.8) is 0 Å². The molecule has 16 heavy (non-hydrogen) atoms. The van der Waals surface area contributed by atoms with Gasteiger partial charge < -0.3 is 11.1 Å². The van der Waals surface area contributed by atoms with Crippen LogP contribution in [0.25, 0.3) is 0 Å². The lowest BCUT2D eigenvalue weighted by atomic mass is 9.66. The fourth-order valence-electron chi connectivity index (χ4n) is 2.98. The van der Waals surface area contributed by atoms with E-state index in [0.29, 0.717) is 13.0 Å². The maximum atomic E-state index is 12.0. The van der Waals surface area contributed by atoms with Crippen molar-refractivity contribution in [1.82, 2.24) is 5.32 Å². The van der Waals surface area contributed by atoms with E-state index >= 15 is 0 Å². The summed E-state index contributed by atoms with van der Waals surface area (Å²) in [5, 5.41) is 3.24. The Balaban J connectivity index is 1.84. The van der Waals surface area contributed by atoms with E-state index in [4.69, 9.17) is 5.73 Å². The third-order valence-electron chi connectivity index (χ3n) is 4.77. The summed E-state index contributed by atoms with van der Waals surface area (Å²) < 4.78 is 0. The minimum absolute atomic E-state index is 0.136. The molecule has 3 N–H and O–H groups in total. The Hall–Kier alpha value is -0.570. The van der Waals surface area contributed by atoms with Crippen molar-refractivity contribution in [3.05, 3.63) is 0 Å². The van der Waals surface area contributed by atoms with E-state index < -0.39 is 0 Å². The number of nitrogens with one attached hydrogen (secondary N) is 1. The van der Waals surface area contributed by atoms with E-state index in [1.165, 1.54) is 12.8 Å². The number of nitrogens with two attached hydrogens (primary N) is 1. The summed E-state index contributed by atoms with van der Waals surface area (Å²) in [7, 11) is 0. The lowest BCUT2D eigenvalue weighted by Crippen LogP contribution is -2.54. The summed E-state index contributed by atoms with van der Waals surface area (Å²) >= 11 is 0. The number of rotatable bonds is 5. The van der Waals surface area contributed by atoms with Crippen LogP contribution in [0.5, 0.6) is 0 Å². The monoisotopic (exact) mass is 224 g/mol. The SMILES string of the molecule is CCC1(NC(=O)CC2(CN)CCC2)CCC1. The third-order valence-corrected chi connectivity index (χ3v) is 4.77. The van der Waals surface area contributed by atoms with Gasteiger partial charge in [0.15, 0.2) is 0 Å². The maximum Gasteiger partial charge on any atom is 0.221 e. The molecule has 3 nitrogen and oxygen atoms in total. The molecule has 2 aliphatic carbocycles. The molecule has 0 spiro atoms. The molecule has 0 aliphatic heterocycles. The van der Waals surface area contributed by atoms with Crippen molar-refractivity contribution in [2.75, 3.05) is 6.54 Å². The molecule has 0 aromatic rings. The molecule has 3 heteroatoms. The molecule has 0 aromatic carbocycles. The molecule has 0 radical (unpaired) electrons. The van der Waals surface area contributed by atoms with Crippen LogP contribution in [-0.2, 0) is 4.79 Å². The van der Waals surface area contributed by atoms with E-state index in [0.717, 1.165) is 32.1 Å². The predicted molar refractivity (Wildman–Crippen MR) is 65.0 cm³/mol. The first-order valence-corrected chi connectivity index (χ1v) is 6.65. The van der Waals surface area contributed by atoms with Crippen LogP contribution in [0.1, 0.15) is 58.3 Å². The Labute approximate surface area is 98.2 Å². The summed E-state index contributed by atoms with van der Waals surface area (Å²) in [5.74, 6) is 0.228. The summed E-state index contributed by atoms with van der Waals surface area (Å²) in [6.07, 6.45) is 8.79. The van der Waals surface area contributed by atoms with Gasteiger partial charge >= 0.3 is 0 Å². The molecule has 0 bridgehead atoms. The van der Waals surface area contributed by atoms with Gasteiger partial charge in [-0.1, -0.05) is 13.3 Å². The van der Waals surface area contributed by atoms with Gasteiger partial charge in [-0.3, -0.25) is 4.79 Å². The van der Waals surface area contributed by atoms with Gasteiger partial charge in [-0.2, -0.15) is 0 Å². The number of amides is 1. The first-order chi connectivity index (χ1) is 7.64. The number of carbonyl (C=O) groups excluding carboxylic acids is 1. The molecule has 2 saturated carbocycles. The standard InChI is InChI=1S/C13H24N2O/c1-2-13(7-4-8-13)15-11(16)9-12(10-14)5-3-6-12/h2-10,14H2,1H3,(H,15,16). The number of hydrogen-bond acceptors (Lipinski definition) is 2. The number of carbonyl (C=O) groups is 1. The van der Waals surface area contributed by atoms with Crippen molar-refractivity contribution >= 4 is 5.91 Å². The van der Waals surface area contributed by atoms with Crippen molar-refractivity contribution in [1.29, 1.82) is 0 Å². The lowest BCUT2D eigenvalue weighted by Gasteiger charge is -2.45. The normalized spacial score (nSPS) is 25.4. The average molecular weight is 224 g/mol. The van der Waals surface area contributed by atoms with Gasteiger partial charge in [0, 0.05) is 12.0 Å². The topological polar surface area (TPSA) is 55.1 Å². The Morgan fingerprint density at radius 2 is 1.88 bits per heavy atom. The largest absolute Gasteiger partial charge is 0.351 e. The van der Waals surface area contributed by atoms with Crippen LogP contribution < -0.4 is 11.1 Å². The van der Waals surface area contributed by atoms with Crippen LogP contribution in [0.15, 0.2) is 0 Å². The van der Waals surface area contributed by atoms with E-state index in [1.807, 2.05) is 0 Å². The minimum atomic E-state index is 0.136. The highest BCUT2D eigenvalue weighted by molar-refractivity contribution is 5.77. The highest BCUT2D eigenvalue weighted by Gasteiger charge is 2.41. The van der Waals surface area contributed by atoms with Gasteiger partial charge in [-0.25, -0.2) is 0 Å². The van der Waals surface area contributed by atoms with Crippen molar-refractivity contribution < 1.29 is 4.79 Å². The van der Waals surface area contributed by atoms with Crippen molar-refractivity contribution in [3.8, 4) is 0 Å². The van der Waals surface area contributed by atoms with Crippen LogP contribution in [0.3, 0.4) is 0 Å². The first kappa shape index (κ1) is 11.9. The molecule has 2 aliphatic rings. The molecule has 0 unspecified atom stereocenters. The molecule has 2 rings (SSSR count). The highest BCUT2D eigenvalue weighted by atomic mass is 16.1. The quantitative estimate of drug-likeness (QED) is 0.750. The first-order valence-electron chi connectivity index (χ1n) is 6.65. The molecule has 0 heterocycles. The highest BCUT2D eigenvalue weighted by Crippen LogP contribution is 2.43. The second kappa shape index (κ2) is 4.36. The van der Waals surface area contributed by atoms with Crippen LogP contribution in [-0.4, -0.2) is 18.0 Å². The molecule has 2 fully saturated rings. The van der Waals surface area contributed by atoms with Crippen molar-refractivity contribution in [2.24, 2.45) is 11.1 Å². The number of hydrogen-bond donors (Lipinski definition) is 2. The average Bonchev–Trinajstić information content (AvgIpc) is 2.17. The Bertz CT molecular complexity index is 230. The van der Waals surface area contributed by atoms with E-state index in [9.17, 15) is 4.79 Å². The summed E-state index contributed by atoms with van der Waals surface area (Å²) in [5.41, 5.74) is 6.06. The van der Waals surface area contributed by atoms with E-state index in [-0.39, 0.29) is 16.9 Å². The Morgan fingerprint density at radius 3 is 2.19 bits per heavy atom. The van der Waals surface area contributed by atoms with Gasteiger partial charge in [0.1, 0.15) is 0 Å². The van der Waals surface area contributed by atoms with E-state index in [2.05, 4.69) is 12.2 Å². The molecular weight excluding hydrogens is 200 g/mol. The van der Waals surface area contributed by atoms with Crippen LogP contribution in [0.4, 0.5) is 0 Å². The zero-order valence-corrected chi connectivity index (χ0v) is 10.3. The fourth-order valence-corrected chi connectivity index (χ4v) is 2.98. The summed E-state index contributed by atoms with van der Waals surface area (Å²) in [6.45, 7) is 2.83. The maximum absolute atomic E-state index is 12.0. The lowest BCUT2D eigenvalue weighted by molar-refractivity contribution is -0.127. The Kier molecular flexibility index (Phi) is 3.24. The van der Waals surface area contributed by atoms with Gasteiger partial charge in [0.2, 0.25) is 5.91 Å². The van der Waals surface area contributed by atoms with Crippen LogP contribution in [0, 0.1) is 5.41 Å².